The van der Waals surface area contributed by atoms with Crippen LogP contribution in [-0.2, 0) is 0 Å². The van der Waals surface area contributed by atoms with E-state index in [1.807, 2.05) is 12.1 Å². The number of piperazine rings is 1. The molecule has 4 nitrogen and oxygen atoms in total. The van der Waals surface area contributed by atoms with E-state index in [1.165, 1.54) is 5.69 Å². The number of phenolic OH excluding ortho intramolecular Hbond substituents is 1. The van der Waals surface area contributed by atoms with Crippen molar-refractivity contribution in [2.24, 2.45) is 0 Å². The Hall–Kier alpha value is -1.42. The summed E-state index contributed by atoms with van der Waals surface area (Å²) in [7, 11) is 0. The average molecular weight is 305 g/mol. The number of aromatic hydroxyl groups is 1. The molecule has 0 aromatic heterocycles. The van der Waals surface area contributed by atoms with Gasteiger partial charge in [-0.1, -0.05) is 0 Å². The van der Waals surface area contributed by atoms with Crippen LogP contribution in [0.25, 0.3) is 0 Å². The molecule has 1 N–H and O–H groups in total. The molecule has 1 aliphatic rings. The quantitative estimate of drug-likeness (QED) is 0.925. The zero-order valence-electron chi connectivity index (χ0n) is 14.8. The summed E-state index contributed by atoms with van der Waals surface area (Å²) in [6, 6.07) is 5.98. The SMILES string of the molecule is CCN(CC)c1ccc(O)c(N2CCN(C(C)(C)C)CC2)c1. The largest absolute Gasteiger partial charge is 0.506 e. The number of rotatable bonds is 4. The number of hydrogen-bond donors (Lipinski definition) is 1. The minimum absolute atomic E-state index is 0.219. The number of hydrogen-bond acceptors (Lipinski definition) is 4. The molecule has 1 aromatic carbocycles. The van der Waals surface area contributed by atoms with Gasteiger partial charge in [0.15, 0.2) is 0 Å². The molecule has 0 saturated carbocycles. The molecular weight excluding hydrogens is 274 g/mol. The van der Waals surface area contributed by atoms with Crippen molar-refractivity contribution in [3.63, 3.8) is 0 Å². The lowest BCUT2D eigenvalue weighted by molar-refractivity contribution is 0.128. The third-order valence-electron chi connectivity index (χ3n) is 4.66. The minimum Gasteiger partial charge on any atom is -0.506 e. The lowest BCUT2D eigenvalue weighted by Crippen LogP contribution is -2.53. The van der Waals surface area contributed by atoms with Gasteiger partial charge in [-0.2, -0.15) is 0 Å². The molecule has 0 amide bonds. The van der Waals surface area contributed by atoms with Gasteiger partial charge in [0.1, 0.15) is 5.75 Å². The molecule has 1 aliphatic heterocycles. The Bertz CT molecular complexity index is 484. The molecule has 1 fully saturated rings. The van der Waals surface area contributed by atoms with E-state index in [-0.39, 0.29) is 5.54 Å². The number of benzene rings is 1. The van der Waals surface area contributed by atoms with Crippen molar-refractivity contribution in [2.45, 2.75) is 40.2 Å². The van der Waals surface area contributed by atoms with Crippen LogP contribution < -0.4 is 9.80 Å². The first-order chi connectivity index (χ1) is 10.4. The fraction of sp³-hybridized carbons (Fsp3) is 0.667. The third-order valence-corrected chi connectivity index (χ3v) is 4.66. The molecule has 1 heterocycles. The second kappa shape index (κ2) is 6.78. The summed E-state index contributed by atoms with van der Waals surface area (Å²) in [6.07, 6.45) is 0. The molecule has 1 saturated heterocycles. The lowest BCUT2D eigenvalue weighted by Gasteiger charge is -2.43. The molecule has 0 unspecified atom stereocenters. The van der Waals surface area contributed by atoms with Crippen molar-refractivity contribution in [3.8, 4) is 5.75 Å². The smallest absolute Gasteiger partial charge is 0.139 e. The third kappa shape index (κ3) is 3.67. The molecule has 0 radical (unpaired) electrons. The van der Waals surface area contributed by atoms with Crippen LogP contribution in [0.2, 0.25) is 0 Å². The molecular formula is C18H31N3O. The molecule has 2 rings (SSSR count). The highest BCUT2D eigenvalue weighted by Crippen LogP contribution is 2.33. The first-order valence-electron chi connectivity index (χ1n) is 8.44. The van der Waals surface area contributed by atoms with E-state index in [9.17, 15) is 5.11 Å². The molecule has 0 bridgehead atoms. The number of nitrogens with zero attached hydrogens (tertiary/aromatic N) is 3. The fourth-order valence-corrected chi connectivity index (χ4v) is 3.17. The summed E-state index contributed by atoms with van der Waals surface area (Å²) in [4.78, 5) is 7.13. The van der Waals surface area contributed by atoms with Crippen LogP contribution >= 0.6 is 0 Å². The summed E-state index contributed by atoms with van der Waals surface area (Å²) in [5, 5.41) is 10.3. The van der Waals surface area contributed by atoms with Crippen LogP contribution in [-0.4, -0.2) is 54.8 Å². The lowest BCUT2D eigenvalue weighted by atomic mass is 10.0. The number of anilines is 2. The van der Waals surface area contributed by atoms with E-state index in [0.29, 0.717) is 5.75 Å². The van der Waals surface area contributed by atoms with Crippen LogP contribution in [0.15, 0.2) is 18.2 Å². The highest BCUT2D eigenvalue weighted by molar-refractivity contribution is 5.66. The van der Waals surface area contributed by atoms with E-state index in [2.05, 4.69) is 55.4 Å². The van der Waals surface area contributed by atoms with Crippen molar-refractivity contribution in [3.05, 3.63) is 18.2 Å². The van der Waals surface area contributed by atoms with Gasteiger partial charge in [0.05, 0.1) is 5.69 Å². The zero-order chi connectivity index (χ0) is 16.3. The Balaban J connectivity index is 2.14. The summed E-state index contributed by atoms with van der Waals surface area (Å²) in [5.41, 5.74) is 2.38. The van der Waals surface area contributed by atoms with Crippen LogP contribution in [0.4, 0.5) is 11.4 Å². The first-order valence-corrected chi connectivity index (χ1v) is 8.44. The van der Waals surface area contributed by atoms with Gasteiger partial charge in [-0.05, 0) is 52.8 Å². The number of phenols is 1. The molecule has 0 aliphatic carbocycles. The first kappa shape index (κ1) is 16.9. The van der Waals surface area contributed by atoms with E-state index in [4.69, 9.17) is 0 Å². The van der Waals surface area contributed by atoms with Crippen molar-refractivity contribution >= 4 is 11.4 Å². The Kier molecular flexibility index (Phi) is 5.22. The van der Waals surface area contributed by atoms with Crippen molar-refractivity contribution < 1.29 is 5.11 Å². The normalized spacial score (nSPS) is 16.9. The van der Waals surface area contributed by atoms with Gasteiger partial charge in [-0.25, -0.2) is 0 Å². The second-order valence-corrected chi connectivity index (χ2v) is 6.99. The molecule has 0 atom stereocenters. The second-order valence-electron chi connectivity index (χ2n) is 6.99. The van der Waals surface area contributed by atoms with Crippen LogP contribution in [0.5, 0.6) is 5.75 Å². The van der Waals surface area contributed by atoms with Crippen molar-refractivity contribution in [2.75, 3.05) is 49.1 Å². The summed E-state index contributed by atoms with van der Waals surface area (Å²) in [6.45, 7) is 17.1. The minimum atomic E-state index is 0.219. The Morgan fingerprint density at radius 3 is 2.14 bits per heavy atom. The standard InChI is InChI=1S/C18H31N3O/c1-6-19(7-2)15-8-9-17(22)16(14-15)20-10-12-21(13-11-20)18(3,4)5/h8-9,14,22H,6-7,10-13H2,1-5H3. The van der Waals surface area contributed by atoms with Gasteiger partial charge < -0.3 is 14.9 Å². The zero-order valence-corrected chi connectivity index (χ0v) is 14.8. The Morgan fingerprint density at radius 2 is 1.64 bits per heavy atom. The van der Waals surface area contributed by atoms with E-state index in [1.54, 1.807) is 0 Å². The van der Waals surface area contributed by atoms with Crippen LogP contribution in [0.3, 0.4) is 0 Å². The molecule has 1 aromatic rings. The van der Waals surface area contributed by atoms with Gasteiger partial charge >= 0.3 is 0 Å². The van der Waals surface area contributed by atoms with Crippen molar-refractivity contribution in [1.82, 2.24) is 4.90 Å². The predicted molar refractivity (Wildman–Crippen MR) is 95.2 cm³/mol. The predicted octanol–water partition coefficient (Wildman–Crippen LogP) is 3.16. The molecule has 124 valence electrons. The van der Waals surface area contributed by atoms with Gasteiger partial charge in [0.25, 0.3) is 0 Å². The van der Waals surface area contributed by atoms with E-state index >= 15 is 0 Å². The fourth-order valence-electron chi connectivity index (χ4n) is 3.17. The maximum atomic E-state index is 10.3. The van der Waals surface area contributed by atoms with Gasteiger partial charge in [-0.3, -0.25) is 4.90 Å². The highest BCUT2D eigenvalue weighted by Gasteiger charge is 2.26. The maximum absolute atomic E-state index is 10.3. The summed E-state index contributed by atoms with van der Waals surface area (Å²) in [5.74, 6) is 0.389. The maximum Gasteiger partial charge on any atom is 0.139 e. The topological polar surface area (TPSA) is 30.0 Å². The summed E-state index contributed by atoms with van der Waals surface area (Å²) < 4.78 is 0. The van der Waals surface area contributed by atoms with E-state index in [0.717, 1.165) is 45.0 Å². The van der Waals surface area contributed by atoms with Gasteiger partial charge in [-0.15, -0.1) is 0 Å². The van der Waals surface area contributed by atoms with Crippen LogP contribution in [0, 0.1) is 0 Å². The Labute approximate surface area is 135 Å². The Morgan fingerprint density at radius 1 is 1.05 bits per heavy atom. The van der Waals surface area contributed by atoms with Crippen LogP contribution in [0.1, 0.15) is 34.6 Å². The van der Waals surface area contributed by atoms with E-state index < -0.39 is 0 Å². The molecule has 4 heteroatoms. The van der Waals surface area contributed by atoms with Crippen molar-refractivity contribution in [1.29, 1.82) is 0 Å². The highest BCUT2D eigenvalue weighted by atomic mass is 16.3. The molecule has 22 heavy (non-hydrogen) atoms. The monoisotopic (exact) mass is 305 g/mol. The molecule has 0 spiro atoms. The summed E-state index contributed by atoms with van der Waals surface area (Å²) >= 11 is 0. The average Bonchev–Trinajstić information content (AvgIpc) is 2.49. The van der Waals surface area contributed by atoms with Gasteiger partial charge in [0.2, 0.25) is 0 Å². The van der Waals surface area contributed by atoms with Gasteiger partial charge in [0, 0.05) is 50.5 Å².